The van der Waals surface area contributed by atoms with E-state index in [4.69, 9.17) is 4.74 Å². The minimum absolute atomic E-state index is 0.00440. The van der Waals surface area contributed by atoms with Gasteiger partial charge in [-0.25, -0.2) is 4.98 Å². The Kier molecular flexibility index (Phi) is 5.27. The highest BCUT2D eigenvalue weighted by Crippen LogP contribution is 2.18. The average Bonchev–Trinajstić information content (AvgIpc) is 2.82. The van der Waals surface area contributed by atoms with Crippen molar-refractivity contribution >= 4 is 5.91 Å². The Hall–Kier alpha value is -1.43. The lowest BCUT2D eigenvalue weighted by molar-refractivity contribution is 0.0911. The van der Waals surface area contributed by atoms with Crippen LogP contribution in [0.15, 0.2) is 0 Å². The molecule has 2 N–H and O–H groups in total. The van der Waals surface area contributed by atoms with E-state index in [1.807, 2.05) is 6.92 Å². The Balaban J connectivity index is 2.45. The van der Waals surface area contributed by atoms with Gasteiger partial charge in [-0.3, -0.25) is 9.89 Å². The van der Waals surface area contributed by atoms with Crippen molar-refractivity contribution in [1.82, 2.24) is 20.5 Å². The van der Waals surface area contributed by atoms with Crippen LogP contribution in [0.1, 0.15) is 43.6 Å². The molecule has 1 aromatic heterocycles. The van der Waals surface area contributed by atoms with E-state index in [2.05, 4.69) is 34.3 Å². The smallest absolute Gasteiger partial charge is 0.290 e. The number of nitrogens with zero attached hydrogens (tertiary/aromatic N) is 2. The van der Waals surface area contributed by atoms with Gasteiger partial charge in [0.15, 0.2) is 0 Å². The predicted molar refractivity (Wildman–Crippen MR) is 68.4 cm³/mol. The Morgan fingerprint density at radius 1 is 1.50 bits per heavy atom. The third-order valence-electron chi connectivity index (χ3n) is 2.78. The third-order valence-corrected chi connectivity index (χ3v) is 2.78. The van der Waals surface area contributed by atoms with E-state index < -0.39 is 0 Å². The van der Waals surface area contributed by atoms with Gasteiger partial charge >= 0.3 is 0 Å². The van der Waals surface area contributed by atoms with Crippen molar-refractivity contribution in [1.29, 1.82) is 0 Å². The van der Waals surface area contributed by atoms with E-state index in [9.17, 15) is 4.79 Å². The maximum absolute atomic E-state index is 11.8. The maximum Gasteiger partial charge on any atom is 0.290 e. The van der Waals surface area contributed by atoms with Crippen LogP contribution in [0.5, 0.6) is 0 Å². The van der Waals surface area contributed by atoms with Crippen LogP contribution in [0.25, 0.3) is 0 Å². The van der Waals surface area contributed by atoms with Crippen LogP contribution in [-0.4, -0.2) is 41.3 Å². The predicted octanol–water partition coefficient (Wildman–Crippen LogP) is 1.16. The van der Waals surface area contributed by atoms with Crippen molar-refractivity contribution < 1.29 is 9.53 Å². The molecule has 0 aliphatic rings. The van der Waals surface area contributed by atoms with Crippen molar-refractivity contribution in [3.8, 4) is 0 Å². The van der Waals surface area contributed by atoms with Gasteiger partial charge in [0, 0.05) is 26.7 Å². The van der Waals surface area contributed by atoms with Crippen molar-refractivity contribution in [2.45, 2.75) is 33.6 Å². The maximum atomic E-state index is 11.8. The summed E-state index contributed by atoms with van der Waals surface area (Å²) in [7, 11) is 1.68. The van der Waals surface area contributed by atoms with E-state index in [1.54, 1.807) is 7.11 Å². The summed E-state index contributed by atoms with van der Waals surface area (Å²) in [5.74, 6) is 0.685. The highest BCUT2D eigenvalue weighted by molar-refractivity contribution is 5.90. The molecule has 1 amide bonds. The number of amides is 1. The first-order chi connectivity index (χ1) is 8.48. The molecule has 6 heteroatoms. The van der Waals surface area contributed by atoms with Crippen LogP contribution in [0.2, 0.25) is 0 Å². The van der Waals surface area contributed by atoms with Gasteiger partial charge in [0.2, 0.25) is 5.82 Å². The van der Waals surface area contributed by atoms with Crippen LogP contribution in [0, 0.1) is 5.41 Å². The second-order valence-electron chi connectivity index (χ2n) is 5.05. The van der Waals surface area contributed by atoms with E-state index in [0.717, 1.165) is 18.7 Å². The van der Waals surface area contributed by atoms with Crippen molar-refractivity contribution in [3.05, 3.63) is 11.6 Å². The molecule has 6 nitrogen and oxygen atoms in total. The molecule has 1 aromatic rings. The number of ether oxygens (including phenoxy) is 1. The fraction of sp³-hybridized carbons (Fsp3) is 0.750. The topological polar surface area (TPSA) is 79.9 Å². The number of hydrogen-bond donors (Lipinski definition) is 2. The Morgan fingerprint density at radius 3 is 2.78 bits per heavy atom. The summed E-state index contributed by atoms with van der Waals surface area (Å²) in [5.41, 5.74) is -0.00440. The van der Waals surface area contributed by atoms with Crippen molar-refractivity contribution in [2.24, 2.45) is 5.41 Å². The van der Waals surface area contributed by atoms with Gasteiger partial charge in [-0.2, -0.15) is 0 Å². The molecule has 0 aliphatic carbocycles. The monoisotopic (exact) mass is 254 g/mol. The molecule has 1 heterocycles. The summed E-state index contributed by atoms with van der Waals surface area (Å²) >= 11 is 0. The van der Waals surface area contributed by atoms with Crippen LogP contribution in [0.3, 0.4) is 0 Å². The first-order valence-electron chi connectivity index (χ1n) is 6.17. The number of carbonyl (C=O) groups excluding carboxylic acids is 1. The minimum atomic E-state index is -0.239. The zero-order valence-electron chi connectivity index (χ0n) is 11.5. The van der Waals surface area contributed by atoms with Crippen LogP contribution in [-0.2, 0) is 11.2 Å². The standard InChI is InChI=1S/C12H22N4O2/c1-5-9-14-10(16-15-9)11(17)13-8-12(2,3)6-7-18-4/h5-8H2,1-4H3,(H,13,17)(H,14,15,16). The molecule has 0 saturated heterocycles. The van der Waals surface area contributed by atoms with E-state index in [0.29, 0.717) is 13.2 Å². The number of aromatic amines is 1. The van der Waals surface area contributed by atoms with E-state index in [1.165, 1.54) is 0 Å². The molecule has 0 bridgehead atoms. The van der Waals surface area contributed by atoms with Crippen LogP contribution < -0.4 is 5.32 Å². The molecule has 0 saturated carbocycles. The molecule has 0 aromatic carbocycles. The molecular formula is C12H22N4O2. The second-order valence-corrected chi connectivity index (χ2v) is 5.05. The lowest BCUT2D eigenvalue weighted by atomic mass is 9.90. The lowest BCUT2D eigenvalue weighted by Gasteiger charge is -2.24. The molecule has 1 rings (SSSR count). The number of aromatic nitrogens is 3. The fourth-order valence-corrected chi connectivity index (χ4v) is 1.42. The van der Waals surface area contributed by atoms with Crippen molar-refractivity contribution in [2.75, 3.05) is 20.3 Å². The first-order valence-corrected chi connectivity index (χ1v) is 6.17. The zero-order valence-corrected chi connectivity index (χ0v) is 11.5. The van der Waals surface area contributed by atoms with Gasteiger partial charge < -0.3 is 10.1 Å². The number of methoxy groups -OCH3 is 1. The van der Waals surface area contributed by atoms with Gasteiger partial charge in [-0.05, 0) is 11.8 Å². The highest BCUT2D eigenvalue weighted by Gasteiger charge is 2.20. The number of nitrogens with one attached hydrogen (secondary N) is 2. The van der Waals surface area contributed by atoms with Gasteiger partial charge in [0.25, 0.3) is 5.91 Å². The quantitative estimate of drug-likeness (QED) is 0.765. The third kappa shape index (κ3) is 4.44. The SMILES string of the molecule is CCc1nc(C(=O)NCC(C)(C)CCOC)n[nH]1. The zero-order chi connectivity index (χ0) is 13.6. The minimum Gasteiger partial charge on any atom is -0.385 e. The molecule has 0 radical (unpaired) electrons. The number of carbonyl (C=O) groups is 1. The summed E-state index contributed by atoms with van der Waals surface area (Å²) in [4.78, 5) is 15.9. The van der Waals surface area contributed by atoms with Gasteiger partial charge in [0.05, 0.1) is 0 Å². The molecule has 0 atom stereocenters. The van der Waals surface area contributed by atoms with Crippen LogP contribution >= 0.6 is 0 Å². The van der Waals surface area contributed by atoms with E-state index in [-0.39, 0.29) is 17.1 Å². The fourth-order valence-electron chi connectivity index (χ4n) is 1.42. The molecule has 0 fully saturated rings. The largest absolute Gasteiger partial charge is 0.385 e. The number of hydrogen-bond acceptors (Lipinski definition) is 4. The molecule has 0 spiro atoms. The summed E-state index contributed by atoms with van der Waals surface area (Å²) in [6, 6.07) is 0. The van der Waals surface area contributed by atoms with Crippen molar-refractivity contribution in [3.63, 3.8) is 0 Å². The summed E-state index contributed by atoms with van der Waals surface area (Å²) in [6.07, 6.45) is 1.62. The second kappa shape index (κ2) is 6.49. The highest BCUT2D eigenvalue weighted by atomic mass is 16.5. The summed E-state index contributed by atoms with van der Waals surface area (Å²) in [5, 5.41) is 9.45. The first kappa shape index (κ1) is 14.6. The molecule has 102 valence electrons. The number of H-pyrrole nitrogens is 1. The Morgan fingerprint density at radius 2 is 2.22 bits per heavy atom. The lowest BCUT2D eigenvalue weighted by Crippen LogP contribution is -2.35. The molecule has 0 aliphatic heterocycles. The van der Waals surface area contributed by atoms with Crippen LogP contribution in [0.4, 0.5) is 0 Å². The van der Waals surface area contributed by atoms with Gasteiger partial charge in [-0.1, -0.05) is 20.8 Å². The molecule has 18 heavy (non-hydrogen) atoms. The molecular weight excluding hydrogens is 232 g/mol. The van der Waals surface area contributed by atoms with E-state index >= 15 is 0 Å². The summed E-state index contributed by atoms with van der Waals surface area (Å²) < 4.78 is 5.04. The normalized spacial score (nSPS) is 11.6. The molecule has 0 unspecified atom stereocenters. The average molecular weight is 254 g/mol. The summed E-state index contributed by atoms with van der Waals surface area (Å²) in [6.45, 7) is 7.38. The Labute approximate surface area is 108 Å². The number of rotatable bonds is 7. The van der Waals surface area contributed by atoms with Gasteiger partial charge in [-0.15, -0.1) is 5.10 Å². The Bertz CT molecular complexity index is 387. The number of aryl methyl sites for hydroxylation is 1. The van der Waals surface area contributed by atoms with Gasteiger partial charge in [0.1, 0.15) is 5.82 Å².